The molecular formula is C9H15N3. The molecule has 0 bridgehead atoms. The van der Waals surface area contributed by atoms with Gasteiger partial charge in [-0.3, -0.25) is 0 Å². The second-order valence-electron chi connectivity index (χ2n) is 2.90. The standard InChI is InChI=1S/C9H15N3/c1-3-8(4-10)9-5-11-7(2)12-6-9/h5-6,8H,3-4,10H2,1-2H3. The molecule has 3 heteroatoms. The normalized spacial score (nSPS) is 12.9. The van der Waals surface area contributed by atoms with Gasteiger partial charge in [-0.2, -0.15) is 0 Å². The summed E-state index contributed by atoms with van der Waals surface area (Å²) in [6, 6.07) is 0. The molecule has 1 atom stereocenters. The molecule has 0 radical (unpaired) electrons. The Labute approximate surface area is 73.0 Å². The van der Waals surface area contributed by atoms with Gasteiger partial charge in [0.15, 0.2) is 0 Å². The first-order valence-corrected chi connectivity index (χ1v) is 4.26. The van der Waals surface area contributed by atoms with Crippen LogP contribution in [0, 0.1) is 6.92 Å². The fourth-order valence-corrected chi connectivity index (χ4v) is 1.15. The van der Waals surface area contributed by atoms with E-state index in [2.05, 4.69) is 16.9 Å². The van der Waals surface area contributed by atoms with Gasteiger partial charge in [0.2, 0.25) is 0 Å². The van der Waals surface area contributed by atoms with Crippen LogP contribution in [0.25, 0.3) is 0 Å². The molecule has 2 N–H and O–H groups in total. The third kappa shape index (κ3) is 2.01. The molecule has 1 heterocycles. The third-order valence-corrected chi connectivity index (χ3v) is 2.05. The van der Waals surface area contributed by atoms with Gasteiger partial charge in [0.1, 0.15) is 5.82 Å². The van der Waals surface area contributed by atoms with E-state index >= 15 is 0 Å². The van der Waals surface area contributed by atoms with E-state index in [1.807, 2.05) is 19.3 Å². The third-order valence-electron chi connectivity index (χ3n) is 2.05. The van der Waals surface area contributed by atoms with Crippen LogP contribution in [-0.2, 0) is 0 Å². The summed E-state index contributed by atoms with van der Waals surface area (Å²) < 4.78 is 0. The maximum absolute atomic E-state index is 5.60. The molecule has 0 aliphatic heterocycles. The molecule has 0 saturated carbocycles. The van der Waals surface area contributed by atoms with Gasteiger partial charge in [0, 0.05) is 12.4 Å². The van der Waals surface area contributed by atoms with E-state index in [1.54, 1.807) is 0 Å². The first kappa shape index (κ1) is 9.13. The summed E-state index contributed by atoms with van der Waals surface area (Å²) in [7, 11) is 0. The lowest BCUT2D eigenvalue weighted by Crippen LogP contribution is -2.12. The van der Waals surface area contributed by atoms with E-state index in [0.717, 1.165) is 17.8 Å². The lowest BCUT2D eigenvalue weighted by molar-refractivity contribution is 0.666. The highest BCUT2D eigenvalue weighted by atomic mass is 14.8. The number of nitrogens with zero attached hydrogens (tertiary/aromatic N) is 2. The molecular weight excluding hydrogens is 150 g/mol. The van der Waals surface area contributed by atoms with Crippen molar-refractivity contribution in [3.05, 3.63) is 23.8 Å². The fourth-order valence-electron chi connectivity index (χ4n) is 1.15. The van der Waals surface area contributed by atoms with Crippen molar-refractivity contribution in [3.63, 3.8) is 0 Å². The van der Waals surface area contributed by atoms with Crippen LogP contribution in [0.3, 0.4) is 0 Å². The average Bonchev–Trinajstić information content (AvgIpc) is 2.10. The van der Waals surface area contributed by atoms with Crippen LogP contribution in [0.2, 0.25) is 0 Å². The smallest absolute Gasteiger partial charge is 0.125 e. The van der Waals surface area contributed by atoms with E-state index in [4.69, 9.17) is 5.73 Å². The van der Waals surface area contributed by atoms with Crippen molar-refractivity contribution >= 4 is 0 Å². The van der Waals surface area contributed by atoms with Crippen molar-refractivity contribution in [1.82, 2.24) is 9.97 Å². The largest absolute Gasteiger partial charge is 0.330 e. The van der Waals surface area contributed by atoms with Gasteiger partial charge in [-0.05, 0) is 31.4 Å². The highest BCUT2D eigenvalue weighted by molar-refractivity contribution is 5.11. The lowest BCUT2D eigenvalue weighted by atomic mass is 10.00. The highest BCUT2D eigenvalue weighted by Crippen LogP contribution is 2.15. The molecule has 3 nitrogen and oxygen atoms in total. The number of rotatable bonds is 3. The molecule has 0 amide bonds. The predicted molar refractivity (Wildman–Crippen MR) is 48.9 cm³/mol. The first-order chi connectivity index (χ1) is 5.77. The molecule has 1 rings (SSSR count). The van der Waals surface area contributed by atoms with E-state index in [9.17, 15) is 0 Å². The topological polar surface area (TPSA) is 51.8 Å². The van der Waals surface area contributed by atoms with E-state index in [0.29, 0.717) is 12.5 Å². The van der Waals surface area contributed by atoms with E-state index in [1.165, 1.54) is 0 Å². The SMILES string of the molecule is CCC(CN)c1cnc(C)nc1. The van der Waals surface area contributed by atoms with Crippen molar-refractivity contribution in [3.8, 4) is 0 Å². The quantitative estimate of drug-likeness (QED) is 0.733. The minimum atomic E-state index is 0.408. The van der Waals surface area contributed by atoms with E-state index in [-0.39, 0.29) is 0 Å². The second-order valence-corrected chi connectivity index (χ2v) is 2.90. The molecule has 0 aliphatic rings. The zero-order valence-electron chi connectivity index (χ0n) is 7.62. The molecule has 1 aromatic rings. The zero-order valence-corrected chi connectivity index (χ0v) is 7.62. The Kier molecular flexibility index (Phi) is 3.17. The van der Waals surface area contributed by atoms with Crippen LogP contribution in [0.5, 0.6) is 0 Å². The van der Waals surface area contributed by atoms with Gasteiger partial charge in [-0.1, -0.05) is 6.92 Å². The minimum Gasteiger partial charge on any atom is -0.330 e. The molecule has 0 aromatic carbocycles. The van der Waals surface area contributed by atoms with Crippen molar-refractivity contribution in [2.24, 2.45) is 5.73 Å². The average molecular weight is 165 g/mol. The van der Waals surface area contributed by atoms with Crippen LogP contribution < -0.4 is 5.73 Å². The van der Waals surface area contributed by atoms with Gasteiger partial charge in [0.05, 0.1) is 0 Å². The van der Waals surface area contributed by atoms with Crippen molar-refractivity contribution in [1.29, 1.82) is 0 Å². The fraction of sp³-hybridized carbons (Fsp3) is 0.556. The molecule has 0 fully saturated rings. The van der Waals surface area contributed by atoms with E-state index < -0.39 is 0 Å². The molecule has 12 heavy (non-hydrogen) atoms. The lowest BCUT2D eigenvalue weighted by Gasteiger charge is -2.10. The van der Waals surface area contributed by atoms with Crippen molar-refractivity contribution in [2.45, 2.75) is 26.2 Å². The Morgan fingerprint density at radius 2 is 2.00 bits per heavy atom. The minimum absolute atomic E-state index is 0.408. The van der Waals surface area contributed by atoms with Crippen LogP contribution in [0.4, 0.5) is 0 Å². The summed E-state index contributed by atoms with van der Waals surface area (Å²) in [6.07, 6.45) is 4.77. The Bertz CT molecular complexity index is 226. The number of aryl methyl sites for hydroxylation is 1. The number of hydrogen-bond acceptors (Lipinski definition) is 3. The Hall–Kier alpha value is -0.960. The van der Waals surface area contributed by atoms with Crippen molar-refractivity contribution < 1.29 is 0 Å². The highest BCUT2D eigenvalue weighted by Gasteiger charge is 2.06. The van der Waals surface area contributed by atoms with Crippen LogP contribution >= 0.6 is 0 Å². The summed E-state index contributed by atoms with van der Waals surface area (Å²) >= 11 is 0. The summed E-state index contributed by atoms with van der Waals surface area (Å²) in [6.45, 7) is 4.67. The van der Waals surface area contributed by atoms with Gasteiger partial charge in [-0.15, -0.1) is 0 Å². The number of nitrogens with two attached hydrogens (primary N) is 1. The first-order valence-electron chi connectivity index (χ1n) is 4.26. The Morgan fingerprint density at radius 1 is 1.42 bits per heavy atom. The molecule has 0 spiro atoms. The second kappa shape index (κ2) is 4.16. The number of hydrogen-bond donors (Lipinski definition) is 1. The van der Waals surface area contributed by atoms with Crippen LogP contribution in [0.1, 0.15) is 30.7 Å². The summed E-state index contributed by atoms with van der Waals surface area (Å²) in [5.74, 6) is 1.22. The molecule has 0 aliphatic carbocycles. The maximum atomic E-state index is 5.60. The molecule has 1 unspecified atom stereocenters. The maximum Gasteiger partial charge on any atom is 0.125 e. The summed E-state index contributed by atoms with van der Waals surface area (Å²) in [5.41, 5.74) is 6.74. The van der Waals surface area contributed by atoms with Gasteiger partial charge in [0.25, 0.3) is 0 Å². The zero-order chi connectivity index (χ0) is 8.97. The van der Waals surface area contributed by atoms with Gasteiger partial charge < -0.3 is 5.73 Å². The van der Waals surface area contributed by atoms with Crippen LogP contribution in [0.15, 0.2) is 12.4 Å². The summed E-state index contributed by atoms with van der Waals surface area (Å²) in [5, 5.41) is 0. The van der Waals surface area contributed by atoms with Crippen molar-refractivity contribution in [2.75, 3.05) is 6.54 Å². The molecule has 66 valence electrons. The Morgan fingerprint density at radius 3 is 2.42 bits per heavy atom. The Balaban J connectivity index is 2.80. The molecule has 0 saturated heterocycles. The number of aromatic nitrogens is 2. The van der Waals surface area contributed by atoms with Gasteiger partial charge >= 0.3 is 0 Å². The van der Waals surface area contributed by atoms with Crippen LogP contribution in [-0.4, -0.2) is 16.5 Å². The monoisotopic (exact) mass is 165 g/mol. The summed E-state index contributed by atoms with van der Waals surface area (Å²) in [4.78, 5) is 8.26. The predicted octanol–water partition coefficient (Wildman–Crippen LogP) is 1.24. The molecule has 1 aromatic heterocycles. The van der Waals surface area contributed by atoms with Gasteiger partial charge in [-0.25, -0.2) is 9.97 Å².